The first-order chi connectivity index (χ1) is 4.75. The minimum Gasteiger partial charge on any atom is -0.383 e. The minimum atomic E-state index is 0.634. The molecule has 0 fully saturated rings. The molecule has 0 atom stereocenters. The summed E-state index contributed by atoms with van der Waals surface area (Å²) in [5.74, 6) is 0.634. The predicted octanol–water partition coefficient (Wildman–Crippen LogP) is 2.20. The summed E-state index contributed by atoms with van der Waals surface area (Å²) in [6.07, 6.45) is 1.74. The fourth-order valence-electron chi connectivity index (χ4n) is 0.605. The first-order valence-corrected chi connectivity index (χ1v) is 5.31. The van der Waals surface area contributed by atoms with Crippen molar-refractivity contribution in [2.75, 3.05) is 5.73 Å². The number of hydrogen-bond donors (Lipinski definition) is 1. The maximum absolute atomic E-state index is 5.57. The van der Waals surface area contributed by atoms with Crippen LogP contribution in [0.15, 0.2) is 12.3 Å². The van der Waals surface area contributed by atoms with Gasteiger partial charge in [-0.3, -0.25) is 0 Å². The van der Waals surface area contributed by atoms with Gasteiger partial charge in [-0.1, -0.05) is 22.6 Å². The van der Waals surface area contributed by atoms with Gasteiger partial charge in [-0.05, 0) is 34.2 Å². The molecule has 1 heterocycles. The lowest BCUT2D eigenvalue weighted by Crippen LogP contribution is -1.96. The first kappa shape index (κ1) is 8.51. The van der Waals surface area contributed by atoms with Gasteiger partial charge in [-0.2, -0.15) is 0 Å². The maximum Gasteiger partial charge on any atom is 0.137 e. The van der Waals surface area contributed by atoms with Crippen LogP contribution in [0.3, 0.4) is 0 Å². The molecule has 10 heavy (non-hydrogen) atoms. The van der Waals surface area contributed by atoms with Crippen molar-refractivity contribution < 1.29 is 0 Å². The number of halogens is 2. The van der Waals surface area contributed by atoms with E-state index in [1.54, 1.807) is 6.20 Å². The molecule has 1 aromatic heterocycles. The van der Waals surface area contributed by atoms with E-state index in [1.165, 1.54) is 5.56 Å². The largest absolute Gasteiger partial charge is 0.383 e. The summed E-state index contributed by atoms with van der Waals surface area (Å²) in [4.78, 5) is 3.95. The second kappa shape index (κ2) is 3.70. The quantitative estimate of drug-likeness (QED) is 0.616. The SMILES string of the molecule is Nc1nccc(CI)c1I. The number of nitrogens with two attached hydrogens (primary N) is 1. The molecule has 0 aliphatic carbocycles. The van der Waals surface area contributed by atoms with Crippen molar-refractivity contribution in [2.24, 2.45) is 0 Å². The van der Waals surface area contributed by atoms with Gasteiger partial charge in [0.15, 0.2) is 0 Å². The van der Waals surface area contributed by atoms with E-state index < -0.39 is 0 Å². The van der Waals surface area contributed by atoms with Crippen LogP contribution in [0.1, 0.15) is 5.56 Å². The van der Waals surface area contributed by atoms with Gasteiger partial charge in [0, 0.05) is 10.6 Å². The standard InChI is InChI=1S/C6H6I2N2/c7-3-4-1-2-10-6(9)5(4)8/h1-2H,3H2,(H2,9,10). The number of nitrogen functional groups attached to an aromatic ring is 1. The predicted molar refractivity (Wildman–Crippen MR) is 59.1 cm³/mol. The number of aromatic nitrogens is 1. The van der Waals surface area contributed by atoms with E-state index in [9.17, 15) is 0 Å². The van der Waals surface area contributed by atoms with Crippen LogP contribution in [0.5, 0.6) is 0 Å². The smallest absolute Gasteiger partial charge is 0.137 e. The Balaban J connectivity index is 3.14. The molecule has 0 radical (unpaired) electrons. The Morgan fingerprint density at radius 2 is 2.30 bits per heavy atom. The molecular weight excluding hydrogens is 354 g/mol. The minimum absolute atomic E-state index is 0.634. The number of nitrogens with zero attached hydrogens (tertiary/aromatic N) is 1. The van der Waals surface area contributed by atoms with Gasteiger partial charge in [0.2, 0.25) is 0 Å². The maximum atomic E-state index is 5.57. The van der Waals surface area contributed by atoms with Crippen molar-refractivity contribution in [3.8, 4) is 0 Å². The monoisotopic (exact) mass is 360 g/mol. The number of alkyl halides is 1. The van der Waals surface area contributed by atoms with Crippen LogP contribution >= 0.6 is 45.2 Å². The zero-order valence-corrected chi connectivity index (χ0v) is 9.46. The first-order valence-electron chi connectivity index (χ1n) is 2.70. The highest BCUT2D eigenvalue weighted by atomic mass is 127. The number of hydrogen-bond acceptors (Lipinski definition) is 2. The molecule has 4 heteroatoms. The highest BCUT2D eigenvalue weighted by Crippen LogP contribution is 2.18. The summed E-state index contributed by atoms with van der Waals surface area (Å²) >= 11 is 4.52. The molecule has 0 amide bonds. The Bertz CT molecular complexity index is 237. The highest BCUT2D eigenvalue weighted by Gasteiger charge is 2.00. The molecule has 1 aromatic rings. The van der Waals surface area contributed by atoms with Crippen molar-refractivity contribution in [2.45, 2.75) is 4.43 Å². The molecule has 0 spiro atoms. The average Bonchev–Trinajstić information content (AvgIpc) is 1.95. The average molecular weight is 360 g/mol. The lowest BCUT2D eigenvalue weighted by Gasteiger charge is -2.00. The van der Waals surface area contributed by atoms with Crippen molar-refractivity contribution in [3.05, 3.63) is 21.4 Å². The lowest BCUT2D eigenvalue weighted by atomic mass is 10.3. The van der Waals surface area contributed by atoms with Crippen LogP contribution in [0.2, 0.25) is 0 Å². The summed E-state index contributed by atoms with van der Waals surface area (Å²) in [5, 5.41) is 0. The van der Waals surface area contributed by atoms with E-state index >= 15 is 0 Å². The van der Waals surface area contributed by atoms with Gasteiger partial charge in [0.25, 0.3) is 0 Å². The number of rotatable bonds is 1. The Morgan fingerprint density at radius 1 is 1.60 bits per heavy atom. The van der Waals surface area contributed by atoms with Gasteiger partial charge in [-0.25, -0.2) is 4.98 Å². The van der Waals surface area contributed by atoms with Crippen molar-refractivity contribution in [3.63, 3.8) is 0 Å². The molecule has 1 rings (SSSR count). The molecule has 0 aliphatic heterocycles. The molecule has 0 saturated heterocycles. The molecule has 0 bridgehead atoms. The molecular formula is C6H6I2N2. The summed E-state index contributed by atoms with van der Waals surface area (Å²) in [6, 6.07) is 1.99. The van der Waals surface area contributed by atoms with Crippen molar-refractivity contribution in [1.29, 1.82) is 0 Å². The zero-order valence-electron chi connectivity index (χ0n) is 5.14. The van der Waals surface area contributed by atoms with E-state index in [-0.39, 0.29) is 0 Å². The fraction of sp³-hybridized carbons (Fsp3) is 0.167. The van der Waals surface area contributed by atoms with E-state index in [1.807, 2.05) is 6.07 Å². The molecule has 0 aliphatic rings. The highest BCUT2D eigenvalue weighted by molar-refractivity contribution is 14.1. The van der Waals surface area contributed by atoms with Crippen LogP contribution in [0.4, 0.5) is 5.82 Å². The Labute approximate surface area is 86.9 Å². The Hall–Kier alpha value is 0.410. The van der Waals surface area contributed by atoms with Crippen LogP contribution in [0, 0.1) is 3.57 Å². The van der Waals surface area contributed by atoms with Crippen LogP contribution in [-0.4, -0.2) is 4.98 Å². The van der Waals surface area contributed by atoms with Gasteiger partial charge < -0.3 is 5.73 Å². The molecule has 0 aromatic carbocycles. The number of pyridine rings is 1. The fourth-order valence-corrected chi connectivity index (χ4v) is 2.48. The molecule has 54 valence electrons. The van der Waals surface area contributed by atoms with Gasteiger partial charge >= 0.3 is 0 Å². The van der Waals surface area contributed by atoms with Crippen LogP contribution in [0.25, 0.3) is 0 Å². The van der Waals surface area contributed by atoms with Crippen LogP contribution < -0.4 is 5.73 Å². The Morgan fingerprint density at radius 3 is 2.80 bits per heavy atom. The second-order valence-corrected chi connectivity index (χ2v) is 3.64. The topological polar surface area (TPSA) is 38.9 Å². The zero-order chi connectivity index (χ0) is 7.56. The third-order valence-electron chi connectivity index (χ3n) is 1.14. The summed E-state index contributed by atoms with van der Waals surface area (Å²) in [5.41, 5.74) is 6.83. The lowest BCUT2D eigenvalue weighted by molar-refractivity contribution is 1.26. The van der Waals surface area contributed by atoms with E-state index in [2.05, 4.69) is 50.2 Å². The second-order valence-electron chi connectivity index (χ2n) is 1.80. The summed E-state index contributed by atoms with van der Waals surface area (Å²) in [6.45, 7) is 0. The molecule has 2 nitrogen and oxygen atoms in total. The van der Waals surface area contributed by atoms with E-state index in [4.69, 9.17) is 5.73 Å². The molecule has 0 unspecified atom stereocenters. The molecule has 0 saturated carbocycles. The van der Waals surface area contributed by atoms with Crippen molar-refractivity contribution in [1.82, 2.24) is 4.98 Å². The summed E-state index contributed by atoms with van der Waals surface area (Å²) in [7, 11) is 0. The summed E-state index contributed by atoms with van der Waals surface area (Å²) < 4.78 is 2.07. The van der Waals surface area contributed by atoms with E-state index in [0.29, 0.717) is 5.82 Å². The van der Waals surface area contributed by atoms with Gasteiger partial charge in [0.1, 0.15) is 5.82 Å². The third kappa shape index (κ3) is 1.71. The van der Waals surface area contributed by atoms with Gasteiger partial charge in [-0.15, -0.1) is 0 Å². The number of anilines is 1. The van der Waals surface area contributed by atoms with Crippen molar-refractivity contribution >= 4 is 51.0 Å². The van der Waals surface area contributed by atoms with Gasteiger partial charge in [0.05, 0.1) is 3.57 Å². The normalized spacial score (nSPS) is 9.80. The third-order valence-corrected chi connectivity index (χ3v) is 3.21. The Kier molecular flexibility index (Phi) is 3.15. The van der Waals surface area contributed by atoms with E-state index in [0.717, 1.165) is 8.00 Å². The molecule has 2 N–H and O–H groups in total. The van der Waals surface area contributed by atoms with Crippen LogP contribution in [-0.2, 0) is 4.43 Å².